The number of hydrogen-bond acceptors (Lipinski definition) is 0. The maximum atomic E-state index is 2.40. The maximum absolute atomic E-state index is 2.40. The second-order valence-electron chi connectivity index (χ2n) is 4.76. The Labute approximate surface area is 109 Å². The van der Waals surface area contributed by atoms with E-state index in [1.165, 1.54) is 44.9 Å². The molecule has 17 heavy (non-hydrogen) atoms. The molecule has 0 heterocycles. The lowest BCUT2D eigenvalue weighted by Gasteiger charge is -2.26. The van der Waals surface area contributed by atoms with Crippen molar-refractivity contribution in [2.24, 2.45) is 11.8 Å². The Balaban J connectivity index is 0.00000121. The smallest absolute Gasteiger partial charge is 0.0233 e. The minimum absolute atomic E-state index is 0.887. The largest absolute Gasteiger partial charge is 0.0914 e. The van der Waals surface area contributed by atoms with Gasteiger partial charge >= 0.3 is 0 Å². The van der Waals surface area contributed by atoms with E-state index in [2.05, 4.69) is 38.2 Å². The van der Waals surface area contributed by atoms with E-state index in [0.29, 0.717) is 0 Å². The number of rotatable bonds is 5. The van der Waals surface area contributed by atoms with E-state index < -0.39 is 0 Å². The molecule has 0 aromatic rings. The molecule has 1 aliphatic rings. The van der Waals surface area contributed by atoms with Gasteiger partial charge in [-0.25, -0.2) is 0 Å². The molecule has 0 radical (unpaired) electrons. The van der Waals surface area contributed by atoms with Crippen LogP contribution in [0.4, 0.5) is 0 Å². The minimum atomic E-state index is 0.887. The first-order valence-electron chi connectivity index (χ1n) is 7.64. The van der Waals surface area contributed by atoms with Crippen molar-refractivity contribution < 1.29 is 0 Å². The Kier molecular flexibility index (Phi) is 11.6. The topological polar surface area (TPSA) is 0 Å². The summed E-state index contributed by atoms with van der Waals surface area (Å²) in [5.41, 5.74) is 0. The average molecular weight is 236 g/mol. The molecule has 0 N–H and O–H groups in total. The Bertz CT molecular complexity index is 192. The molecule has 0 unspecified atom stereocenters. The number of allylic oxidation sites excluding steroid dienone is 4. The van der Waals surface area contributed by atoms with Crippen LogP contribution < -0.4 is 0 Å². The summed E-state index contributed by atoms with van der Waals surface area (Å²) in [6.45, 7) is 8.35. The van der Waals surface area contributed by atoms with Gasteiger partial charge in [-0.3, -0.25) is 0 Å². The van der Waals surface area contributed by atoms with Gasteiger partial charge in [-0.05, 0) is 63.7 Å². The lowest BCUT2D eigenvalue weighted by Crippen LogP contribution is -2.12. The summed E-state index contributed by atoms with van der Waals surface area (Å²) < 4.78 is 0. The van der Waals surface area contributed by atoms with Crippen molar-refractivity contribution in [3.05, 3.63) is 24.3 Å². The van der Waals surface area contributed by atoms with Crippen LogP contribution in [0.2, 0.25) is 0 Å². The standard InChI is InChI=1S/C15H26.C2H6/c1-3-5-6-7-9-15-12-10-14(8-4-2)11-13-15;1-2/h4-6,8,14-15H,3,7,9-13H2,1-2H3;1-2H3/b6-5+,8-4+;. The van der Waals surface area contributed by atoms with Crippen molar-refractivity contribution in [2.45, 2.75) is 72.6 Å². The van der Waals surface area contributed by atoms with Crippen molar-refractivity contribution in [1.29, 1.82) is 0 Å². The Morgan fingerprint density at radius 2 is 1.65 bits per heavy atom. The van der Waals surface area contributed by atoms with Crippen LogP contribution in [0, 0.1) is 11.8 Å². The van der Waals surface area contributed by atoms with Crippen LogP contribution in [0.25, 0.3) is 0 Å². The van der Waals surface area contributed by atoms with E-state index in [1.54, 1.807) is 0 Å². The van der Waals surface area contributed by atoms with Gasteiger partial charge in [0.15, 0.2) is 0 Å². The molecule has 0 saturated heterocycles. The summed E-state index contributed by atoms with van der Waals surface area (Å²) in [6, 6.07) is 0. The molecular weight excluding hydrogens is 204 g/mol. The maximum Gasteiger partial charge on any atom is -0.0233 e. The van der Waals surface area contributed by atoms with Crippen molar-refractivity contribution in [3.8, 4) is 0 Å². The molecule has 1 fully saturated rings. The van der Waals surface area contributed by atoms with Gasteiger partial charge in [-0.2, -0.15) is 0 Å². The van der Waals surface area contributed by atoms with Crippen LogP contribution in [-0.4, -0.2) is 0 Å². The van der Waals surface area contributed by atoms with Crippen LogP contribution >= 0.6 is 0 Å². The van der Waals surface area contributed by atoms with E-state index in [-0.39, 0.29) is 0 Å². The predicted molar refractivity (Wildman–Crippen MR) is 80.3 cm³/mol. The lowest BCUT2D eigenvalue weighted by molar-refractivity contribution is 0.297. The second kappa shape index (κ2) is 12.0. The molecule has 1 rings (SSSR count). The molecule has 100 valence electrons. The molecular formula is C17H32. The van der Waals surface area contributed by atoms with E-state index in [1.807, 2.05) is 13.8 Å². The average Bonchev–Trinajstić information content (AvgIpc) is 2.39. The molecule has 1 saturated carbocycles. The summed E-state index contributed by atoms with van der Waals surface area (Å²) in [7, 11) is 0. The first kappa shape index (κ1) is 16.5. The van der Waals surface area contributed by atoms with Crippen LogP contribution in [0.3, 0.4) is 0 Å². The predicted octanol–water partition coefficient (Wildman–Crippen LogP) is 6.14. The van der Waals surface area contributed by atoms with E-state index >= 15 is 0 Å². The van der Waals surface area contributed by atoms with Gasteiger partial charge < -0.3 is 0 Å². The minimum Gasteiger partial charge on any atom is -0.0914 e. The molecule has 0 heteroatoms. The molecule has 0 amide bonds. The summed E-state index contributed by atoms with van der Waals surface area (Å²) in [5.74, 6) is 1.89. The number of hydrogen-bond donors (Lipinski definition) is 0. The third kappa shape index (κ3) is 8.24. The molecule has 0 atom stereocenters. The second-order valence-corrected chi connectivity index (χ2v) is 4.76. The van der Waals surface area contributed by atoms with Gasteiger partial charge in [0.2, 0.25) is 0 Å². The first-order chi connectivity index (χ1) is 8.36. The quantitative estimate of drug-likeness (QED) is 0.503. The van der Waals surface area contributed by atoms with Crippen molar-refractivity contribution in [2.75, 3.05) is 0 Å². The summed E-state index contributed by atoms with van der Waals surface area (Å²) in [5, 5.41) is 0. The molecule has 0 nitrogen and oxygen atoms in total. The molecule has 0 spiro atoms. The van der Waals surface area contributed by atoms with Crippen LogP contribution in [0.15, 0.2) is 24.3 Å². The molecule has 0 bridgehead atoms. The van der Waals surface area contributed by atoms with Gasteiger partial charge in [-0.15, -0.1) is 0 Å². The summed E-state index contributed by atoms with van der Waals surface area (Å²) in [6.07, 6.45) is 18.9. The fourth-order valence-electron chi connectivity index (χ4n) is 2.56. The van der Waals surface area contributed by atoms with Crippen molar-refractivity contribution in [3.63, 3.8) is 0 Å². The van der Waals surface area contributed by atoms with Crippen molar-refractivity contribution in [1.82, 2.24) is 0 Å². The molecule has 0 aromatic carbocycles. The highest BCUT2D eigenvalue weighted by atomic mass is 14.2. The van der Waals surface area contributed by atoms with Crippen LogP contribution in [-0.2, 0) is 0 Å². The zero-order valence-corrected chi connectivity index (χ0v) is 12.4. The van der Waals surface area contributed by atoms with Crippen LogP contribution in [0.1, 0.15) is 72.6 Å². The monoisotopic (exact) mass is 236 g/mol. The third-order valence-electron chi connectivity index (χ3n) is 3.50. The zero-order chi connectivity index (χ0) is 12.9. The van der Waals surface area contributed by atoms with Crippen molar-refractivity contribution >= 4 is 0 Å². The first-order valence-corrected chi connectivity index (χ1v) is 7.64. The fourth-order valence-corrected chi connectivity index (χ4v) is 2.56. The highest BCUT2D eigenvalue weighted by Crippen LogP contribution is 2.32. The Morgan fingerprint density at radius 1 is 1.00 bits per heavy atom. The Morgan fingerprint density at radius 3 is 2.18 bits per heavy atom. The summed E-state index contributed by atoms with van der Waals surface area (Å²) >= 11 is 0. The van der Waals surface area contributed by atoms with Gasteiger partial charge in [0.05, 0.1) is 0 Å². The van der Waals surface area contributed by atoms with E-state index in [0.717, 1.165) is 11.8 Å². The highest BCUT2D eigenvalue weighted by molar-refractivity contribution is 4.89. The lowest BCUT2D eigenvalue weighted by atomic mass is 9.80. The van der Waals surface area contributed by atoms with Crippen LogP contribution in [0.5, 0.6) is 0 Å². The molecule has 0 aromatic heterocycles. The summed E-state index contributed by atoms with van der Waals surface area (Å²) in [4.78, 5) is 0. The Hall–Kier alpha value is -0.520. The van der Waals surface area contributed by atoms with Gasteiger partial charge in [0, 0.05) is 0 Å². The highest BCUT2D eigenvalue weighted by Gasteiger charge is 2.18. The normalized spacial score (nSPS) is 24.9. The molecule has 0 aliphatic heterocycles. The van der Waals surface area contributed by atoms with Gasteiger partial charge in [0.25, 0.3) is 0 Å². The zero-order valence-electron chi connectivity index (χ0n) is 12.4. The van der Waals surface area contributed by atoms with Gasteiger partial charge in [0.1, 0.15) is 0 Å². The van der Waals surface area contributed by atoms with Gasteiger partial charge in [-0.1, -0.05) is 45.1 Å². The molecule has 1 aliphatic carbocycles. The fraction of sp³-hybridized carbons (Fsp3) is 0.765. The van der Waals surface area contributed by atoms with E-state index in [9.17, 15) is 0 Å². The third-order valence-corrected chi connectivity index (χ3v) is 3.50. The van der Waals surface area contributed by atoms with E-state index in [4.69, 9.17) is 0 Å². The SMILES string of the molecule is C/C=C/C1CCC(CC/C=C/CC)CC1.CC.